The highest BCUT2D eigenvalue weighted by Gasteiger charge is 2.41. The molecule has 0 fully saturated rings. The zero-order valence-corrected chi connectivity index (χ0v) is 19.6. The second-order valence-electron chi connectivity index (χ2n) is 7.60. The standard InChI is InChI=1S/C24H15Br2FN4O/c25-14-6-8-16(18(26)10-14)23-20-21(17-11-15(27)7-9-19(17)32-23)30-24-28-12-29-31(24)22(20)13-4-2-1-3-5-13/h1-12,22-23H,(H,28,29,30)/t22-,23-/m1/s1. The molecule has 1 N–H and O–H groups in total. The monoisotopic (exact) mass is 552 g/mol. The summed E-state index contributed by atoms with van der Waals surface area (Å²) in [5, 5.41) is 7.89. The van der Waals surface area contributed by atoms with Crippen LogP contribution in [0.5, 0.6) is 5.75 Å². The summed E-state index contributed by atoms with van der Waals surface area (Å²) in [7, 11) is 0. The summed E-state index contributed by atoms with van der Waals surface area (Å²) < 4.78 is 24.5. The highest BCUT2D eigenvalue weighted by Crippen LogP contribution is 2.51. The Morgan fingerprint density at radius 3 is 2.66 bits per heavy atom. The van der Waals surface area contributed by atoms with Crippen LogP contribution < -0.4 is 10.1 Å². The summed E-state index contributed by atoms with van der Waals surface area (Å²) in [5.41, 5.74) is 4.40. The van der Waals surface area contributed by atoms with E-state index in [1.165, 1.54) is 18.5 Å². The first kappa shape index (κ1) is 19.7. The van der Waals surface area contributed by atoms with Crippen LogP contribution in [0.1, 0.15) is 28.8 Å². The molecule has 0 spiro atoms. The molecule has 4 aromatic rings. The van der Waals surface area contributed by atoms with Crippen molar-refractivity contribution in [1.29, 1.82) is 0 Å². The van der Waals surface area contributed by atoms with Gasteiger partial charge in [-0.1, -0.05) is 68.3 Å². The second-order valence-corrected chi connectivity index (χ2v) is 9.37. The third-order valence-electron chi connectivity index (χ3n) is 5.74. The van der Waals surface area contributed by atoms with Gasteiger partial charge in [-0.05, 0) is 35.9 Å². The Morgan fingerprint density at radius 2 is 1.84 bits per heavy atom. The zero-order chi connectivity index (χ0) is 21.8. The van der Waals surface area contributed by atoms with E-state index in [4.69, 9.17) is 4.74 Å². The second kappa shape index (κ2) is 7.56. The van der Waals surface area contributed by atoms with Crippen molar-refractivity contribution in [2.75, 3.05) is 5.32 Å². The third kappa shape index (κ3) is 3.09. The molecule has 0 amide bonds. The summed E-state index contributed by atoms with van der Waals surface area (Å²) in [6, 6.07) is 20.4. The van der Waals surface area contributed by atoms with Crippen molar-refractivity contribution in [3.05, 3.63) is 110 Å². The Labute approximate surface area is 200 Å². The summed E-state index contributed by atoms with van der Waals surface area (Å²) in [4.78, 5) is 4.40. The largest absolute Gasteiger partial charge is 0.480 e. The van der Waals surface area contributed by atoms with E-state index in [9.17, 15) is 4.39 Å². The van der Waals surface area contributed by atoms with Gasteiger partial charge in [0.15, 0.2) is 6.10 Å². The summed E-state index contributed by atoms with van der Waals surface area (Å²) >= 11 is 7.23. The fourth-order valence-corrected chi connectivity index (χ4v) is 5.63. The quantitative estimate of drug-likeness (QED) is 0.308. The molecular weight excluding hydrogens is 539 g/mol. The molecule has 0 saturated carbocycles. The van der Waals surface area contributed by atoms with Gasteiger partial charge in [-0.2, -0.15) is 10.1 Å². The van der Waals surface area contributed by atoms with E-state index >= 15 is 0 Å². The lowest BCUT2D eigenvalue weighted by Gasteiger charge is -2.39. The number of hydrogen-bond acceptors (Lipinski definition) is 4. The van der Waals surface area contributed by atoms with Crippen molar-refractivity contribution >= 4 is 43.5 Å². The number of rotatable bonds is 2. The van der Waals surface area contributed by atoms with Gasteiger partial charge in [0.05, 0.1) is 5.70 Å². The molecule has 8 heteroatoms. The van der Waals surface area contributed by atoms with Crippen molar-refractivity contribution in [3.8, 4) is 5.75 Å². The average molecular weight is 554 g/mol. The van der Waals surface area contributed by atoms with Gasteiger partial charge in [-0.25, -0.2) is 9.07 Å². The topological polar surface area (TPSA) is 52.0 Å². The van der Waals surface area contributed by atoms with Gasteiger partial charge >= 0.3 is 0 Å². The third-order valence-corrected chi connectivity index (χ3v) is 6.92. The van der Waals surface area contributed by atoms with Gasteiger partial charge in [0.2, 0.25) is 5.95 Å². The van der Waals surface area contributed by atoms with Crippen LogP contribution in [-0.4, -0.2) is 14.8 Å². The Morgan fingerprint density at radius 1 is 1.00 bits per heavy atom. The van der Waals surface area contributed by atoms with E-state index in [2.05, 4.69) is 59.4 Å². The molecule has 5 nitrogen and oxygen atoms in total. The molecule has 2 atom stereocenters. The highest BCUT2D eigenvalue weighted by atomic mass is 79.9. The lowest BCUT2D eigenvalue weighted by molar-refractivity contribution is 0.222. The van der Waals surface area contributed by atoms with Gasteiger partial charge in [-0.15, -0.1) is 0 Å². The van der Waals surface area contributed by atoms with Gasteiger partial charge < -0.3 is 10.1 Å². The van der Waals surface area contributed by atoms with E-state index in [0.717, 1.165) is 31.3 Å². The number of anilines is 1. The van der Waals surface area contributed by atoms with Crippen molar-refractivity contribution < 1.29 is 9.13 Å². The maximum absolute atomic E-state index is 14.3. The molecule has 0 radical (unpaired) electrons. The minimum atomic E-state index is -0.430. The zero-order valence-electron chi connectivity index (χ0n) is 16.5. The molecule has 1 aromatic heterocycles. The normalized spacial score (nSPS) is 18.8. The van der Waals surface area contributed by atoms with Crippen LogP contribution in [0, 0.1) is 5.82 Å². The van der Waals surface area contributed by atoms with Crippen LogP contribution in [0.3, 0.4) is 0 Å². The van der Waals surface area contributed by atoms with E-state index in [-0.39, 0.29) is 11.9 Å². The number of hydrogen-bond donors (Lipinski definition) is 1. The molecule has 0 saturated heterocycles. The summed E-state index contributed by atoms with van der Waals surface area (Å²) in [6.45, 7) is 0. The fourth-order valence-electron chi connectivity index (χ4n) is 4.37. The first-order chi connectivity index (χ1) is 15.6. The molecule has 2 aliphatic heterocycles. The van der Waals surface area contributed by atoms with Gasteiger partial charge in [0.1, 0.15) is 23.9 Å². The van der Waals surface area contributed by atoms with Crippen LogP contribution in [0.15, 0.2) is 87.6 Å². The lowest BCUT2D eigenvalue weighted by Crippen LogP contribution is -2.32. The Bertz CT molecular complexity index is 1390. The minimum Gasteiger partial charge on any atom is -0.480 e. The minimum absolute atomic E-state index is 0.276. The number of aromatic nitrogens is 3. The molecule has 0 unspecified atom stereocenters. The molecule has 0 bridgehead atoms. The van der Waals surface area contributed by atoms with Crippen LogP contribution in [0.2, 0.25) is 0 Å². The van der Waals surface area contributed by atoms with Crippen LogP contribution in [-0.2, 0) is 0 Å². The van der Waals surface area contributed by atoms with Crippen molar-refractivity contribution in [1.82, 2.24) is 14.8 Å². The Hall–Kier alpha value is -2.97. The molecule has 3 aromatic carbocycles. The molecule has 2 aliphatic rings. The first-order valence-electron chi connectivity index (χ1n) is 9.97. The predicted molar refractivity (Wildman–Crippen MR) is 127 cm³/mol. The highest BCUT2D eigenvalue weighted by molar-refractivity contribution is 9.11. The van der Waals surface area contributed by atoms with Crippen molar-refractivity contribution in [2.45, 2.75) is 12.1 Å². The SMILES string of the molecule is Fc1ccc2c(c1)C1=C([C@@H](c3ccc(Br)cc3Br)O2)[C@@H](c2ccccc2)n2ncnc2N1. The van der Waals surface area contributed by atoms with Crippen LogP contribution in [0.25, 0.3) is 5.70 Å². The summed E-state index contributed by atoms with van der Waals surface area (Å²) in [5.74, 6) is 0.883. The van der Waals surface area contributed by atoms with Crippen molar-refractivity contribution in [3.63, 3.8) is 0 Å². The first-order valence-corrected chi connectivity index (χ1v) is 11.6. The molecule has 0 aliphatic carbocycles. The molecule has 6 rings (SSSR count). The smallest absolute Gasteiger partial charge is 0.226 e. The molecule has 32 heavy (non-hydrogen) atoms. The van der Waals surface area contributed by atoms with E-state index < -0.39 is 6.10 Å². The number of nitrogens with one attached hydrogen (secondary N) is 1. The van der Waals surface area contributed by atoms with Gasteiger partial charge in [0.25, 0.3) is 0 Å². The van der Waals surface area contributed by atoms with E-state index in [1.54, 1.807) is 6.07 Å². The van der Waals surface area contributed by atoms with Gasteiger partial charge in [0, 0.05) is 25.6 Å². The molecule has 3 heterocycles. The Kier molecular flexibility index (Phi) is 4.66. The average Bonchev–Trinajstić information content (AvgIpc) is 3.26. The Balaban J connectivity index is 1.65. The molecular formula is C24H15Br2FN4O. The van der Waals surface area contributed by atoms with Crippen LogP contribution >= 0.6 is 31.9 Å². The van der Waals surface area contributed by atoms with E-state index in [1.807, 2.05) is 41.1 Å². The number of fused-ring (bicyclic) bond motifs is 3. The number of benzene rings is 3. The van der Waals surface area contributed by atoms with Gasteiger partial charge in [-0.3, -0.25) is 0 Å². The lowest BCUT2D eigenvalue weighted by atomic mass is 9.84. The van der Waals surface area contributed by atoms with Crippen LogP contribution in [0.4, 0.5) is 10.3 Å². The predicted octanol–water partition coefficient (Wildman–Crippen LogP) is 6.50. The molecule has 158 valence electrons. The van der Waals surface area contributed by atoms with Crippen molar-refractivity contribution in [2.24, 2.45) is 0 Å². The number of nitrogens with zero attached hydrogens (tertiary/aromatic N) is 3. The maximum atomic E-state index is 14.3. The summed E-state index contributed by atoms with van der Waals surface area (Å²) in [6.07, 6.45) is 1.09. The fraction of sp³-hybridized carbons (Fsp3) is 0.0833. The number of halogens is 3. The number of ether oxygens (including phenoxy) is 1. The van der Waals surface area contributed by atoms with E-state index in [0.29, 0.717) is 17.3 Å². The maximum Gasteiger partial charge on any atom is 0.226 e.